The minimum absolute atomic E-state index is 0.605. The standard InChI is InChI=1S/C13H15Br2N3O/c1-3-5-8-6-11(16-4-2)18-13(17-8)10-7-9(14)12(15)19-10/h6-7H,3-5H2,1-2H3,(H,16,17,18). The number of hydrogen-bond acceptors (Lipinski definition) is 4. The van der Waals surface area contributed by atoms with Crippen LogP contribution < -0.4 is 5.32 Å². The molecule has 0 fully saturated rings. The molecule has 0 aromatic carbocycles. The number of nitrogens with one attached hydrogen (secondary N) is 1. The highest BCUT2D eigenvalue weighted by Gasteiger charge is 2.13. The molecule has 2 rings (SSSR count). The molecule has 0 aliphatic carbocycles. The summed E-state index contributed by atoms with van der Waals surface area (Å²) in [6, 6.07) is 3.86. The Balaban J connectivity index is 2.42. The molecule has 2 aromatic heterocycles. The van der Waals surface area contributed by atoms with E-state index in [1.165, 1.54) is 0 Å². The van der Waals surface area contributed by atoms with Gasteiger partial charge in [-0.05, 0) is 45.2 Å². The average Bonchev–Trinajstić information content (AvgIpc) is 2.70. The Morgan fingerprint density at radius 2 is 2.00 bits per heavy atom. The first kappa shape index (κ1) is 14.5. The molecule has 4 nitrogen and oxygen atoms in total. The van der Waals surface area contributed by atoms with Gasteiger partial charge in [0.25, 0.3) is 0 Å². The van der Waals surface area contributed by atoms with E-state index >= 15 is 0 Å². The van der Waals surface area contributed by atoms with Crippen LogP contribution in [0.15, 0.2) is 25.7 Å². The first-order valence-electron chi connectivity index (χ1n) is 6.21. The van der Waals surface area contributed by atoms with Gasteiger partial charge < -0.3 is 9.73 Å². The maximum absolute atomic E-state index is 5.58. The van der Waals surface area contributed by atoms with E-state index in [9.17, 15) is 0 Å². The topological polar surface area (TPSA) is 51.0 Å². The lowest BCUT2D eigenvalue weighted by atomic mass is 10.2. The number of nitrogens with zero attached hydrogens (tertiary/aromatic N) is 2. The highest BCUT2D eigenvalue weighted by Crippen LogP contribution is 2.31. The van der Waals surface area contributed by atoms with Gasteiger partial charge in [0, 0.05) is 24.4 Å². The number of aromatic nitrogens is 2. The molecule has 0 amide bonds. The monoisotopic (exact) mass is 387 g/mol. The van der Waals surface area contributed by atoms with Crippen LogP contribution in [0.2, 0.25) is 0 Å². The first-order chi connectivity index (χ1) is 9.13. The van der Waals surface area contributed by atoms with E-state index in [0.29, 0.717) is 16.3 Å². The van der Waals surface area contributed by atoms with Crippen LogP contribution in [0.3, 0.4) is 0 Å². The summed E-state index contributed by atoms with van der Waals surface area (Å²) in [6.45, 7) is 5.00. The van der Waals surface area contributed by atoms with Crippen molar-refractivity contribution < 1.29 is 4.42 Å². The van der Waals surface area contributed by atoms with Crippen LogP contribution in [0, 0.1) is 0 Å². The number of hydrogen-bond donors (Lipinski definition) is 1. The van der Waals surface area contributed by atoms with Crippen LogP contribution >= 0.6 is 31.9 Å². The van der Waals surface area contributed by atoms with E-state index in [1.807, 2.05) is 19.1 Å². The Kier molecular flexibility index (Phi) is 4.99. The second kappa shape index (κ2) is 6.52. The second-order valence-electron chi connectivity index (χ2n) is 4.08. The molecule has 0 saturated carbocycles. The third-order valence-corrected chi connectivity index (χ3v) is 4.22. The van der Waals surface area contributed by atoms with Gasteiger partial charge >= 0.3 is 0 Å². The lowest BCUT2D eigenvalue weighted by Crippen LogP contribution is -2.03. The molecule has 2 aromatic rings. The van der Waals surface area contributed by atoms with Gasteiger partial charge in [-0.1, -0.05) is 13.3 Å². The summed E-state index contributed by atoms with van der Waals surface area (Å²) >= 11 is 6.73. The smallest absolute Gasteiger partial charge is 0.197 e. The highest BCUT2D eigenvalue weighted by atomic mass is 79.9. The summed E-state index contributed by atoms with van der Waals surface area (Å²) in [6.07, 6.45) is 1.98. The van der Waals surface area contributed by atoms with Crippen molar-refractivity contribution in [1.29, 1.82) is 0 Å². The minimum atomic E-state index is 0.605. The molecular formula is C13H15Br2N3O. The summed E-state index contributed by atoms with van der Waals surface area (Å²) in [5, 5.41) is 3.22. The summed E-state index contributed by atoms with van der Waals surface area (Å²) in [5.41, 5.74) is 1.02. The molecule has 2 heterocycles. The fourth-order valence-electron chi connectivity index (χ4n) is 1.72. The fourth-order valence-corrected chi connectivity index (χ4v) is 2.30. The number of halogens is 2. The third kappa shape index (κ3) is 3.57. The third-order valence-electron chi connectivity index (χ3n) is 2.51. The molecule has 6 heteroatoms. The second-order valence-corrected chi connectivity index (χ2v) is 5.66. The Morgan fingerprint density at radius 3 is 2.58 bits per heavy atom. The van der Waals surface area contributed by atoms with E-state index in [4.69, 9.17) is 4.42 Å². The molecule has 0 bridgehead atoms. The zero-order chi connectivity index (χ0) is 13.8. The van der Waals surface area contributed by atoms with Crippen LogP contribution in [-0.4, -0.2) is 16.5 Å². The maximum Gasteiger partial charge on any atom is 0.197 e. The predicted molar refractivity (Wildman–Crippen MR) is 83.3 cm³/mol. The largest absolute Gasteiger partial charge is 0.445 e. The fraction of sp³-hybridized carbons (Fsp3) is 0.385. The Bertz CT molecular complexity index is 525. The maximum atomic E-state index is 5.58. The minimum Gasteiger partial charge on any atom is -0.445 e. The molecule has 0 radical (unpaired) electrons. The van der Waals surface area contributed by atoms with E-state index in [1.54, 1.807) is 0 Å². The van der Waals surface area contributed by atoms with E-state index in [-0.39, 0.29) is 0 Å². The zero-order valence-corrected chi connectivity index (χ0v) is 14.0. The molecular weight excluding hydrogens is 374 g/mol. The molecule has 0 atom stereocenters. The molecule has 0 unspecified atom stereocenters. The van der Waals surface area contributed by atoms with E-state index < -0.39 is 0 Å². The van der Waals surface area contributed by atoms with Crippen molar-refractivity contribution in [3.05, 3.63) is 27.0 Å². The van der Waals surface area contributed by atoms with Crippen molar-refractivity contribution in [2.24, 2.45) is 0 Å². The number of rotatable bonds is 5. The zero-order valence-electron chi connectivity index (χ0n) is 10.8. The van der Waals surface area contributed by atoms with Crippen molar-refractivity contribution >= 4 is 37.7 Å². The van der Waals surface area contributed by atoms with Gasteiger partial charge in [-0.15, -0.1) is 0 Å². The molecule has 0 saturated heterocycles. The molecule has 102 valence electrons. The summed E-state index contributed by atoms with van der Waals surface area (Å²) < 4.78 is 7.09. The van der Waals surface area contributed by atoms with Gasteiger partial charge in [-0.25, -0.2) is 9.97 Å². The number of aryl methyl sites for hydroxylation is 1. The number of furan rings is 1. The number of anilines is 1. The predicted octanol–water partition coefficient (Wildman–Crippen LogP) is 4.65. The van der Waals surface area contributed by atoms with Crippen molar-refractivity contribution in [2.45, 2.75) is 26.7 Å². The summed E-state index contributed by atoms with van der Waals surface area (Å²) in [7, 11) is 0. The average molecular weight is 389 g/mol. The lowest BCUT2D eigenvalue weighted by molar-refractivity contribution is 0.549. The van der Waals surface area contributed by atoms with Crippen molar-refractivity contribution in [3.63, 3.8) is 0 Å². The summed E-state index contributed by atoms with van der Waals surface area (Å²) in [5.74, 6) is 2.09. The van der Waals surface area contributed by atoms with Crippen molar-refractivity contribution in [1.82, 2.24) is 9.97 Å². The van der Waals surface area contributed by atoms with Gasteiger partial charge in [0.1, 0.15) is 5.82 Å². The molecule has 1 N–H and O–H groups in total. The van der Waals surface area contributed by atoms with Gasteiger partial charge in [-0.2, -0.15) is 0 Å². The molecule has 0 aliphatic rings. The lowest BCUT2D eigenvalue weighted by Gasteiger charge is -2.07. The van der Waals surface area contributed by atoms with Crippen LogP contribution in [0.1, 0.15) is 26.0 Å². The van der Waals surface area contributed by atoms with Crippen molar-refractivity contribution in [3.8, 4) is 11.6 Å². The van der Waals surface area contributed by atoms with Gasteiger partial charge in [0.05, 0.1) is 4.47 Å². The van der Waals surface area contributed by atoms with Crippen LogP contribution in [0.25, 0.3) is 11.6 Å². The highest BCUT2D eigenvalue weighted by molar-refractivity contribution is 9.13. The van der Waals surface area contributed by atoms with Gasteiger partial charge in [0.2, 0.25) is 0 Å². The Labute approximate surface area is 129 Å². The van der Waals surface area contributed by atoms with Crippen LogP contribution in [0.4, 0.5) is 5.82 Å². The quantitative estimate of drug-likeness (QED) is 0.810. The SMILES string of the molecule is CCCc1cc(NCC)nc(-c2cc(Br)c(Br)o2)n1. The Morgan fingerprint density at radius 1 is 1.21 bits per heavy atom. The van der Waals surface area contributed by atoms with E-state index in [0.717, 1.165) is 35.4 Å². The molecule has 0 spiro atoms. The van der Waals surface area contributed by atoms with E-state index in [2.05, 4.69) is 54.1 Å². The summed E-state index contributed by atoms with van der Waals surface area (Å²) in [4.78, 5) is 9.02. The molecule has 19 heavy (non-hydrogen) atoms. The Hall–Kier alpha value is -0.880. The van der Waals surface area contributed by atoms with Crippen LogP contribution in [0.5, 0.6) is 0 Å². The van der Waals surface area contributed by atoms with Gasteiger partial charge in [0.15, 0.2) is 16.3 Å². The van der Waals surface area contributed by atoms with Crippen LogP contribution in [-0.2, 0) is 6.42 Å². The van der Waals surface area contributed by atoms with Crippen molar-refractivity contribution in [2.75, 3.05) is 11.9 Å². The molecule has 0 aliphatic heterocycles. The normalized spacial score (nSPS) is 10.7. The first-order valence-corrected chi connectivity index (χ1v) is 7.79. The van der Waals surface area contributed by atoms with Gasteiger partial charge in [-0.3, -0.25) is 0 Å².